The average molecular weight is 775 g/mol. The third-order valence-corrected chi connectivity index (χ3v) is 10.1. The summed E-state index contributed by atoms with van der Waals surface area (Å²) in [6.07, 6.45) is 10.8. The van der Waals surface area contributed by atoms with Gasteiger partial charge in [0.25, 0.3) is 0 Å². The number of carbonyl (C=O) groups is 2. The predicted molar refractivity (Wildman–Crippen MR) is 233 cm³/mol. The third-order valence-electron chi connectivity index (χ3n) is 10.1. The monoisotopic (exact) mass is 774 g/mol. The number of nitrogens with one attached hydrogen (secondary N) is 4. The summed E-state index contributed by atoms with van der Waals surface area (Å²) in [6.45, 7) is 7.55. The first-order valence-corrected chi connectivity index (χ1v) is 19.3. The van der Waals surface area contributed by atoms with Gasteiger partial charge < -0.3 is 30.2 Å². The lowest BCUT2D eigenvalue weighted by atomic mass is 10.1. The summed E-state index contributed by atoms with van der Waals surface area (Å²) in [6, 6.07) is 28.2. The van der Waals surface area contributed by atoms with Gasteiger partial charge >= 0.3 is 0 Å². The SMILES string of the molecule is CCCCCCN1C(=N)N(CC(=O)Nc2ccc(NC(=O)CN3C[C@H](Cc4ccccc4)N(CCCCCC)C3=N)cc2)C[C@@H]1Cc1ccccc1.S.S. The van der Waals surface area contributed by atoms with Gasteiger partial charge in [-0.3, -0.25) is 20.4 Å². The van der Waals surface area contributed by atoms with Crippen LogP contribution in [0.3, 0.4) is 0 Å². The number of anilines is 2. The van der Waals surface area contributed by atoms with Gasteiger partial charge in [0.1, 0.15) is 13.1 Å². The molecule has 0 aromatic heterocycles. The summed E-state index contributed by atoms with van der Waals surface area (Å²) in [5.74, 6) is 0.486. The fourth-order valence-electron chi connectivity index (χ4n) is 7.37. The Bertz CT molecular complexity index is 1480. The molecule has 2 atom stereocenters. The molecule has 0 bridgehead atoms. The van der Waals surface area contributed by atoms with Crippen molar-refractivity contribution in [3.05, 3.63) is 96.1 Å². The van der Waals surface area contributed by atoms with E-state index in [9.17, 15) is 9.59 Å². The highest BCUT2D eigenvalue weighted by Gasteiger charge is 2.36. The molecule has 3 aromatic carbocycles. The molecule has 2 saturated heterocycles. The van der Waals surface area contributed by atoms with Crippen LogP contribution in [0.2, 0.25) is 0 Å². The first-order valence-electron chi connectivity index (χ1n) is 19.3. The number of unbranched alkanes of at least 4 members (excludes halogenated alkanes) is 6. The van der Waals surface area contributed by atoms with Crippen LogP contribution in [-0.2, 0) is 22.4 Å². The molecule has 0 radical (unpaired) electrons. The first-order chi connectivity index (χ1) is 25.3. The van der Waals surface area contributed by atoms with Crippen molar-refractivity contribution in [2.24, 2.45) is 0 Å². The Morgan fingerprint density at radius 1 is 0.574 bits per heavy atom. The topological polar surface area (TPSA) is 119 Å². The van der Waals surface area contributed by atoms with E-state index in [-0.39, 0.29) is 64.0 Å². The predicted octanol–water partition coefficient (Wildman–Crippen LogP) is 7.28. The van der Waals surface area contributed by atoms with Crippen LogP contribution in [0.1, 0.15) is 76.3 Å². The number of benzene rings is 3. The molecular formula is C42H62N8O2S2. The van der Waals surface area contributed by atoms with E-state index >= 15 is 0 Å². The van der Waals surface area contributed by atoms with Crippen LogP contribution in [0.4, 0.5) is 11.4 Å². The number of hydrogen-bond donors (Lipinski definition) is 4. The van der Waals surface area contributed by atoms with Gasteiger partial charge in [0.2, 0.25) is 11.8 Å². The third kappa shape index (κ3) is 13.0. The van der Waals surface area contributed by atoms with Crippen molar-refractivity contribution in [3.63, 3.8) is 0 Å². The van der Waals surface area contributed by atoms with E-state index in [1.165, 1.54) is 36.8 Å². The van der Waals surface area contributed by atoms with Crippen molar-refractivity contribution in [2.75, 3.05) is 49.9 Å². The number of rotatable bonds is 20. The zero-order valence-electron chi connectivity index (χ0n) is 32.2. The Labute approximate surface area is 337 Å². The second-order valence-electron chi connectivity index (χ2n) is 14.3. The van der Waals surface area contributed by atoms with Crippen molar-refractivity contribution < 1.29 is 9.59 Å². The molecule has 2 aliphatic rings. The standard InChI is InChI=1S/C42H58N8O2.2H2S/c1-3-5-7-15-25-49-37(27-33-17-11-9-12-18-33)29-47(41(49)43)31-39(51)45-35-21-23-36(24-22-35)46-40(52)32-48-30-38(28-34-19-13-10-14-20-34)50(42(48)44)26-16-8-6-4-2;;/h9-14,17-24,37-38,43-44H,3-8,15-16,25-32H2,1-2H3,(H,45,51)(H,46,52);2*1H2/t37-,38-;;/m0../s1. The number of hydrogen-bond acceptors (Lipinski definition) is 4. The molecular weight excluding hydrogens is 713 g/mol. The van der Waals surface area contributed by atoms with Crippen molar-refractivity contribution in [2.45, 2.75) is 90.1 Å². The number of amides is 2. The van der Waals surface area contributed by atoms with Gasteiger partial charge in [-0.15, -0.1) is 0 Å². The van der Waals surface area contributed by atoms with Crippen LogP contribution in [0.25, 0.3) is 0 Å². The molecule has 4 N–H and O–H groups in total. The van der Waals surface area contributed by atoms with Gasteiger partial charge in [-0.05, 0) is 61.1 Å². The van der Waals surface area contributed by atoms with Crippen LogP contribution in [0, 0.1) is 10.8 Å². The zero-order chi connectivity index (χ0) is 36.7. The van der Waals surface area contributed by atoms with Crippen LogP contribution in [-0.4, -0.2) is 94.7 Å². The van der Waals surface area contributed by atoms with Crippen LogP contribution < -0.4 is 10.6 Å². The molecule has 2 amide bonds. The van der Waals surface area contributed by atoms with Crippen molar-refractivity contribution >= 4 is 62.1 Å². The van der Waals surface area contributed by atoms with E-state index in [1.54, 1.807) is 24.3 Å². The molecule has 2 aliphatic heterocycles. The molecule has 12 heteroatoms. The van der Waals surface area contributed by atoms with Gasteiger partial charge in [-0.25, -0.2) is 0 Å². The summed E-state index contributed by atoms with van der Waals surface area (Å²) in [7, 11) is 0. The van der Waals surface area contributed by atoms with Crippen molar-refractivity contribution in [1.82, 2.24) is 19.6 Å². The maximum Gasteiger partial charge on any atom is 0.244 e. The molecule has 0 spiro atoms. The Hall–Kier alpha value is -4.16. The van der Waals surface area contributed by atoms with Gasteiger partial charge in [-0.2, -0.15) is 27.0 Å². The molecule has 0 saturated carbocycles. The molecule has 10 nitrogen and oxygen atoms in total. The van der Waals surface area contributed by atoms with Crippen molar-refractivity contribution in [3.8, 4) is 0 Å². The average Bonchev–Trinajstić information content (AvgIpc) is 3.59. The minimum absolute atomic E-state index is 0. The van der Waals surface area contributed by atoms with Crippen LogP contribution in [0.15, 0.2) is 84.9 Å². The van der Waals surface area contributed by atoms with Gasteiger partial charge in [-0.1, -0.05) is 113 Å². The number of carbonyl (C=O) groups excluding carboxylic acids is 2. The van der Waals surface area contributed by atoms with Crippen LogP contribution in [0.5, 0.6) is 0 Å². The molecule has 0 unspecified atom stereocenters. The van der Waals surface area contributed by atoms with E-state index in [2.05, 4.69) is 82.8 Å². The molecule has 3 aromatic rings. The fourth-order valence-corrected chi connectivity index (χ4v) is 7.37. The lowest BCUT2D eigenvalue weighted by Gasteiger charge is -2.25. The van der Waals surface area contributed by atoms with Crippen molar-refractivity contribution in [1.29, 1.82) is 10.8 Å². The Kier molecular flexibility index (Phi) is 18.8. The van der Waals surface area contributed by atoms with E-state index in [1.807, 2.05) is 21.9 Å². The first kappa shape index (κ1) is 44.2. The minimum atomic E-state index is -0.176. The van der Waals surface area contributed by atoms with Gasteiger partial charge in [0.15, 0.2) is 11.9 Å². The second kappa shape index (κ2) is 22.9. The molecule has 2 heterocycles. The molecule has 5 rings (SSSR count). The summed E-state index contributed by atoms with van der Waals surface area (Å²) in [4.78, 5) is 34.4. The van der Waals surface area contributed by atoms with E-state index in [0.29, 0.717) is 36.4 Å². The Balaban J connectivity index is 0.00000392. The highest BCUT2D eigenvalue weighted by Crippen LogP contribution is 2.23. The zero-order valence-corrected chi connectivity index (χ0v) is 34.2. The van der Waals surface area contributed by atoms with Crippen LogP contribution >= 0.6 is 27.0 Å². The summed E-state index contributed by atoms with van der Waals surface area (Å²) in [5, 5.41) is 23.8. The lowest BCUT2D eigenvalue weighted by molar-refractivity contribution is -0.117. The van der Waals surface area contributed by atoms with E-state index in [4.69, 9.17) is 10.8 Å². The van der Waals surface area contributed by atoms with Gasteiger partial charge in [0, 0.05) is 37.6 Å². The maximum absolute atomic E-state index is 13.2. The maximum atomic E-state index is 13.2. The molecule has 2 fully saturated rings. The fraction of sp³-hybridized carbons (Fsp3) is 0.476. The quantitative estimate of drug-likeness (QED) is 0.0898. The smallest absolute Gasteiger partial charge is 0.244 e. The highest BCUT2D eigenvalue weighted by atomic mass is 32.1. The normalized spacial score (nSPS) is 16.6. The number of nitrogens with zero attached hydrogens (tertiary/aromatic N) is 4. The van der Waals surface area contributed by atoms with E-state index in [0.717, 1.165) is 51.6 Å². The van der Waals surface area contributed by atoms with Gasteiger partial charge in [0.05, 0.1) is 12.1 Å². The number of guanidine groups is 2. The Morgan fingerprint density at radius 2 is 0.944 bits per heavy atom. The molecule has 294 valence electrons. The van der Waals surface area contributed by atoms with E-state index < -0.39 is 0 Å². The summed E-state index contributed by atoms with van der Waals surface area (Å²) >= 11 is 0. The summed E-state index contributed by atoms with van der Waals surface area (Å²) < 4.78 is 0. The second-order valence-corrected chi connectivity index (χ2v) is 14.3. The summed E-state index contributed by atoms with van der Waals surface area (Å²) in [5.41, 5.74) is 3.75. The highest BCUT2D eigenvalue weighted by molar-refractivity contribution is 7.59. The molecule has 0 aliphatic carbocycles. The lowest BCUT2D eigenvalue weighted by Crippen LogP contribution is -2.39. The minimum Gasteiger partial charge on any atom is -0.338 e. The largest absolute Gasteiger partial charge is 0.338 e. The Morgan fingerprint density at radius 3 is 1.30 bits per heavy atom. The molecule has 54 heavy (non-hydrogen) atoms.